The van der Waals surface area contributed by atoms with E-state index in [0.29, 0.717) is 34.2 Å². The molecule has 0 amide bonds. The summed E-state index contributed by atoms with van der Waals surface area (Å²) in [6.07, 6.45) is 0.369. The molecule has 2 aromatic carbocycles. The van der Waals surface area contributed by atoms with Crippen LogP contribution in [-0.4, -0.2) is 38.5 Å². The lowest BCUT2D eigenvalue weighted by Crippen LogP contribution is -2.04. The first kappa shape index (κ1) is 20.0. The Morgan fingerprint density at radius 3 is 2.70 bits per heavy atom. The zero-order valence-electron chi connectivity index (χ0n) is 15.4. The molecule has 4 rings (SSSR count). The van der Waals surface area contributed by atoms with Gasteiger partial charge in [-0.2, -0.15) is 15.1 Å². The van der Waals surface area contributed by atoms with E-state index in [0.717, 1.165) is 12.1 Å². The molecule has 154 valence electrons. The molecule has 10 heteroatoms. The highest BCUT2D eigenvalue weighted by Gasteiger charge is 2.20. The van der Waals surface area contributed by atoms with Gasteiger partial charge in [-0.25, -0.2) is 8.78 Å². The third-order valence-corrected chi connectivity index (χ3v) is 4.47. The SMILES string of the molecule is OCCCOc1nc(Oc2ccc(F)cc2F)nc2n[nH]c(-c3ccccc3Cl)c12. The predicted octanol–water partition coefficient (Wildman–Crippen LogP) is 4.51. The van der Waals surface area contributed by atoms with E-state index < -0.39 is 11.6 Å². The van der Waals surface area contributed by atoms with E-state index in [1.165, 1.54) is 0 Å². The van der Waals surface area contributed by atoms with Crippen LogP contribution in [0.2, 0.25) is 5.02 Å². The third kappa shape index (κ3) is 4.03. The lowest BCUT2D eigenvalue weighted by atomic mass is 10.1. The Morgan fingerprint density at radius 2 is 1.93 bits per heavy atom. The zero-order chi connectivity index (χ0) is 21.1. The maximum Gasteiger partial charge on any atom is 0.327 e. The first-order chi connectivity index (χ1) is 14.6. The minimum atomic E-state index is -0.903. The number of nitrogens with zero attached hydrogens (tertiary/aromatic N) is 3. The predicted molar refractivity (Wildman–Crippen MR) is 106 cm³/mol. The smallest absolute Gasteiger partial charge is 0.327 e. The maximum absolute atomic E-state index is 14.0. The first-order valence-corrected chi connectivity index (χ1v) is 9.32. The van der Waals surface area contributed by atoms with E-state index in [1.54, 1.807) is 18.2 Å². The topological polar surface area (TPSA) is 93.2 Å². The van der Waals surface area contributed by atoms with Gasteiger partial charge in [0.05, 0.1) is 12.3 Å². The van der Waals surface area contributed by atoms with Crippen LogP contribution < -0.4 is 9.47 Å². The Kier molecular flexibility index (Phi) is 5.73. The molecule has 0 aliphatic heterocycles. The van der Waals surface area contributed by atoms with Crippen molar-refractivity contribution in [3.05, 3.63) is 59.1 Å². The van der Waals surface area contributed by atoms with Crippen LogP contribution in [0.3, 0.4) is 0 Å². The van der Waals surface area contributed by atoms with Gasteiger partial charge in [0.25, 0.3) is 0 Å². The number of aromatic nitrogens is 4. The summed E-state index contributed by atoms with van der Waals surface area (Å²) in [6, 6.07) is 9.78. The summed E-state index contributed by atoms with van der Waals surface area (Å²) < 4.78 is 38.2. The van der Waals surface area contributed by atoms with E-state index in [2.05, 4.69) is 20.2 Å². The standard InChI is InChI=1S/C20H15ClF2N4O3/c21-13-5-2-1-4-12(13)17-16-18(27-26-17)24-20(25-19(16)29-9-3-8-28)30-15-7-6-11(22)10-14(15)23/h1-2,4-7,10,28H,3,8-9H2,(H,24,25,26,27). The monoisotopic (exact) mass is 432 g/mol. The number of hydrogen-bond acceptors (Lipinski definition) is 6. The number of aliphatic hydroxyl groups excluding tert-OH is 1. The van der Waals surface area contributed by atoms with Gasteiger partial charge in [-0.15, -0.1) is 0 Å². The van der Waals surface area contributed by atoms with Gasteiger partial charge in [-0.3, -0.25) is 5.10 Å². The van der Waals surface area contributed by atoms with Gasteiger partial charge >= 0.3 is 6.01 Å². The number of H-pyrrole nitrogens is 1. The quantitative estimate of drug-likeness (QED) is 0.417. The first-order valence-electron chi connectivity index (χ1n) is 8.94. The van der Waals surface area contributed by atoms with Crippen molar-refractivity contribution in [3.63, 3.8) is 0 Å². The number of nitrogens with one attached hydrogen (secondary N) is 1. The second kappa shape index (κ2) is 8.60. The highest BCUT2D eigenvalue weighted by molar-refractivity contribution is 6.33. The molecule has 2 aromatic heterocycles. The van der Waals surface area contributed by atoms with Crippen molar-refractivity contribution in [1.82, 2.24) is 20.2 Å². The van der Waals surface area contributed by atoms with Crippen LogP contribution in [0, 0.1) is 11.6 Å². The number of rotatable bonds is 7. The minimum absolute atomic E-state index is 0.0683. The number of aliphatic hydroxyl groups is 1. The van der Waals surface area contributed by atoms with Crippen LogP contribution >= 0.6 is 11.6 Å². The highest BCUT2D eigenvalue weighted by atomic mass is 35.5. The summed E-state index contributed by atoms with van der Waals surface area (Å²) >= 11 is 6.30. The van der Waals surface area contributed by atoms with Crippen molar-refractivity contribution in [1.29, 1.82) is 0 Å². The molecule has 2 heterocycles. The van der Waals surface area contributed by atoms with E-state index in [-0.39, 0.29) is 36.5 Å². The molecule has 4 aromatic rings. The molecular formula is C20H15ClF2N4O3. The third-order valence-electron chi connectivity index (χ3n) is 4.14. The summed E-state index contributed by atoms with van der Waals surface area (Å²) in [6.45, 7) is 0.0984. The molecule has 0 unspecified atom stereocenters. The number of fused-ring (bicyclic) bond motifs is 1. The summed E-state index contributed by atoms with van der Waals surface area (Å²) in [5.74, 6) is -1.77. The van der Waals surface area contributed by atoms with Crippen LogP contribution in [0.4, 0.5) is 8.78 Å². The lowest BCUT2D eigenvalue weighted by molar-refractivity contribution is 0.229. The van der Waals surface area contributed by atoms with Crippen LogP contribution in [-0.2, 0) is 0 Å². The molecule has 30 heavy (non-hydrogen) atoms. The van der Waals surface area contributed by atoms with Crippen molar-refractivity contribution >= 4 is 22.6 Å². The normalized spacial score (nSPS) is 11.1. The fraction of sp³-hybridized carbons (Fsp3) is 0.150. The van der Waals surface area contributed by atoms with E-state index >= 15 is 0 Å². The molecule has 0 aliphatic carbocycles. The summed E-state index contributed by atoms with van der Waals surface area (Å²) in [4.78, 5) is 8.41. The average molecular weight is 433 g/mol. The van der Waals surface area contributed by atoms with Crippen LogP contribution in [0.5, 0.6) is 17.6 Å². The molecule has 0 saturated heterocycles. The fourth-order valence-electron chi connectivity index (χ4n) is 2.77. The number of ether oxygens (including phenoxy) is 2. The number of halogens is 3. The number of benzene rings is 2. The fourth-order valence-corrected chi connectivity index (χ4v) is 3.00. The van der Waals surface area contributed by atoms with Crippen LogP contribution in [0.15, 0.2) is 42.5 Å². The molecule has 0 bridgehead atoms. The van der Waals surface area contributed by atoms with Crippen molar-refractivity contribution in [2.75, 3.05) is 13.2 Å². The second-order valence-corrected chi connectivity index (χ2v) is 6.60. The van der Waals surface area contributed by atoms with Crippen molar-refractivity contribution in [2.24, 2.45) is 0 Å². The lowest BCUT2D eigenvalue weighted by Gasteiger charge is -2.10. The van der Waals surface area contributed by atoms with Crippen LogP contribution in [0.25, 0.3) is 22.3 Å². The Bertz CT molecular complexity index is 1200. The minimum Gasteiger partial charge on any atom is -0.477 e. The average Bonchev–Trinajstić information content (AvgIpc) is 3.14. The Balaban J connectivity index is 1.80. The molecule has 0 spiro atoms. The molecule has 0 radical (unpaired) electrons. The number of hydrogen-bond donors (Lipinski definition) is 2. The molecule has 0 saturated carbocycles. The zero-order valence-corrected chi connectivity index (χ0v) is 16.2. The summed E-state index contributed by atoms with van der Waals surface area (Å²) in [5.41, 5.74) is 1.40. The Morgan fingerprint density at radius 1 is 1.10 bits per heavy atom. The van der Waals surface area contributed by atoms with Crippen LogP contribution in [0.1, 0.15) is 6.42 Å². The highest BCUT2D eigenvalue weighted by Crippen LogP contribution is 2.36. The Labute approximate surface area is 174 Å². The van der Waals surface area contributed by atoms with E-state index in [9.17, 15) is 8.78 Å². The molecule has 2 N–H and O–H groups in total. The van der Waals surface area contributed by atoms with Gasteiger partial charge in [0, 0.05) is 29.7 Å². The summed E-state index contributed by atoms with van der Waals surface area (Å²) in [5, 5.41) is 17.0. The van der Waals surface area contributed by atoms with E-state index in [4.69, 9.17) is 26.2 Å². The van der Waals surface area contributed by atoms with Crippen molar-refractivity contribution in [2.45, 2.75) is 6.42 Å². The van der Waals surface area contributed by atoms with Gasteiger partial charge in [-0.1, -0.05) is 29.8 Å². The molecule has 7 nitrogen and oxygen atoms in total. The van der Waals surface area contributed by atoms with Gasteiger partial charge < -0.3 is 14.6 Å². The molecule has 0 aliphatic rings. The molecular weight excluding hydrogens is 418 g/mol. The van der Waals surface area contributed by atoms with Gasteiger partial charge in [0.1, 0.15) is 11.2 Å². The van der Waals surface area contributed by atoms with Gasteiger partial charge in [-0.05, 0) is 18.2 Å². The van der Waals surface area contributed by atoms with E-state index in [1.807, 2.05) is 6.07 Å². The molecule has 0 atom stereocenters. The van der Waals surface area contributed by atoms with Crippen molar-refractivity contribution < 1.29 is 23.4 Å². The Hall–Kier alpha value is -3.30. The maximum atomic E-state index is 14.0. The largest absolute Gasteiger partial charge is 0.477 e. The van der Waals surface area contributed by atoms with Gasteiger partial charge in [0.2, 0.25) is 5.88 Å². The molecule has 0 fully saturated rings. The van der Waals surface area contributed by atoms with Crippen molar-refractivity contribution in [3.8, 4) is 28.9 Å². The number of aromatic amines is 1. The summed E-state index contributed by atoms with van der Waals surface area (Å²) in [7, 11) is 0. The van der Waals surface area contributed by atoms with Gasteiger partial charge in [0.15, 0.2) is 17.2 Å². The second-order valence-electron chi connectivity index (χ2n) is 6.19.